The molecule has 112 valence electrons. The van der Waals surface area contributed by atoms with Gasteiger partial charge in [0.25, 0.3) is 0 Å². The summed E-state index contributed by atoms with van der Waals surface area (Å²) in [5, 5.41) is 2.83. The second-order valence-electron chi connectivity index (χ2n) is 5.61. The summed E-state index contributed by atoms with van der Waals surface area (Å²) in [5.41, 5.74) is 0. The Balaban J connectivity index is 1.84. The molecular weight excluding hydrogens is 254 g/mol. The summed E-state index contributed by atoms with van der Waals surface area (Å²) < 4.78 is 11.4. The van der Waals surface area contributed by atoms with Gasteiger partial charge in [-0.05, 0) is 25.8 Å². The van der Waals surface area contributed by atoms with Gasteiger partial charge in [0.15, 0.2) is 0 Å². The molecule has 0 radical (unpaired) electrons. The fourth-order valence-electron chi connectivity index (χ4n) is 2.82. The number of ether oxygens (including phenoxy) is 2. The maximum absolute atomic E-state index is 11.1. The Bertz CT molecular complexity index is 383. The van der Waals surface area contributed by atoms with Gasteiger partial charge in [-0.1, -0.05) is 25.0 Å². The van der Waals surface area contributed by atoms with Crippen molar-refractivity contribution in [3.8, 4) is 0 Å². The van der Waals surface area contributed by atoms with Crippen molar-refractivity contribution in [1.82, 2.24) is 5.32 Å². The van der Waals surface area contributed by atoms with Gasteiger partial charge in [0, 0.05) is 18.9 Å². The normalized spacial score (nSPS) is 26.2. The standard InChI is InChI=1S/C16H25NO3/c1-12(20-14-7-3-4-8-14)15(19-2)9-5-6-13-10-16(18)17-11-13/h5-6,9,12-14H,3-4,7-8,10-11H2,1-2H3,(H,17,18)/b6-5+,15-9+. The predicted octanol–water partition coefficient (Wildman–Crippen LogP) is 2.56. The van der Waals surface area contributed by atoms with Gasteiger partial charge in [0.1, 0.15) is 11.9 Å². The molecule has 1 aliphatic heterocycles. The van der Waals surface area contributed by atoms with E-state index in [0.717, 1.165) is 25.1 Å². The van der Waals surface area contributed by atoms with Crippen LogP contribution < -0.4 is 5.32 Å². The number of hydrogen-bond acceptors (Lipinski definition) is 3. The molecule has 0 aromatic heterocycles. The third-order valence-corrected chi connectivity index (χ3v) is 3.99. The first-order valence-electron chi connectivity index (χ1n) is 7.53. The third kappa shape index (κ3) is 4.37. The van der Waals surface area contributed by atoms with Crippen LogP contribution in [0.25, 0.3) is 0 Å². The minimum absolute atomic E-state index is 0.0175. The molecular formula is C16H25NO3. The van der Waals surface area contributed by atoms with Crippen molar-refractivity contribution in [2.45, 2.75) is 51.2 Å². The third-order valence-electron chi connectivity index (χ3n) is 3.99. The molecule has 4 nitrogen and oxygen atoms in total. The number of nitrogens with one attached hydrogen (secondary N) is 1. The van der Waals surface area contributed by atoms with Crippen molar-refractivity contribution >= 4 is 5.91 Å². The monoisotopic (exact) mass is 279 g/mol. The lowest BCUT2D eigenvalue weighted by molar-refractivity contribution is -0.119. The summed E-state index contributed by atoms with van der Waals surface area (Å²) in [6.07, 6.45) is 11.8. The first-order chi connectivity index (χ1) is 9.69. The van der Waals surface area contributed by atoms with Crippen LogP contribution >= 0.6 is 0 Å². The van der Waals surface area contributed by atoms with E-state index in [0.29, 0.717) is 18.4 Å². The van der Waals surface area contributed by atoms with E-state index < -0.39 is 0 Å². The summed E-state index contributed by atoms with van der Waals surface area (Å²) in [6.45, 7) is 2.77. The van der Waals surface area contributed by atoms with Crippen LogP contribution in [0.5, 0.6) is 0 Å². The lowest BCUT2D eigenvalue weighted by atomic mass is 10.1. The number of carbonyl (C=O) groups is 1. The van der Waals surface area contributed by atoms with Gasteiger partial charge < -0.3 is 14.8 Å². The maximum Gasteiger partial charge on any atom is 0.220 e. The summed E-state index contributed by atoms with van der Waals surface area (Å²) in [5.74, 6) is 1.27. The van der Waals surface area contributed by atoms with E-state index in [1.807, 2.05) is 19.1 Å². The molecule has 1 aliphatic carbocycles. The van der Waals surface area contributed by atoms with Crippen LogP contribution in [0.2, 0.25) is 0 Å². The Morgan fingerprint density at radius 1 is 1.40 bits per heavy atom. The molecule has 2 aliphatic rings. The quantitative estimate of drug-likeness (QED) is 0.600. The fourth-order valence-corrected chi connectivity index (χ4v) is 2.82. The highest BCUT2D eigenvalue weighted by molar-refractivity contribution is 5.78. The van der Waals surface area contributed by atoms with Crippen molar-refractivity contribution in [1.29, 1.82) is 0 Å². The summed E-state index contributed by atoms with van der Waals surface area (Å²) in [4.78, 5) is 11.1. The number of rotatable bonds is 6. The molecule has 1 amide bonds. The topological polar surface area (TPSA) is 47.6 Å². The largest absolute Gasteiger partial charge is 0.498 e. The van der Waals surface area contributed by atoms with E-state index >= 15 is 0 Å². The summed E-state index contributed by atoms with van der Waals surface area (Å²) in [6, 6.07) is 0. The highest BCUT2D eigenvalue weighted by Crippen LogP contribution is 2.24. The maximum atomic E-state index is 11.1. The van der Waals surface area contributed by atoms with E-state index in [4.69, 9.17) is 9.47 Å². The molecule has 0 spiro atoms. The fraction of sp³-hybridized carbons (Fsp3) is 0.688. The van der Waals surface area contributed by atoms with Crippen molar-refractivity contribution in [3.63, 3.8) is 0 Å². The van der Waals surface area contributed by atoms with Crippen molar-refractivity contribution in [3.05, 3.63) is 24.0 Å². The highest BCUT2D eigenvalue weighted by atomic mass is 16.5. The zero-order valence-electron chi connectivity index (χ0n) is 12.4. The smallest absolute Gasteiger partial charge is 0.220 e. The molecule has 2 unspecified atom stereocenters. The highest BCUT2D eigenvalue weighted by Gasteiger charge is 2.21. The van der Waals surface area contributed by atoms with E-state index in [1.165, 1.54) is 12.8 Å². The van der Waals surface area contributed by atoms with Gasteiger partial charge in [-0.3, -0.25) is 4.79 Å². The van der Waals surface area contributed by atoms with Gasteiger partial charge in [-0.25, -0.2) is 0 Å². The van der Waals surface area contributed by atoms with Crippen LogP contribution in [0.4, 0.5) is 0 Å². The molecule has 1 saturated heterocycles. The minimum atomic E-state index is -0.0175. The second-order valence-corrected chi connectivity index (χ2v) is 5.61. The molecule has 1 N–H and O–H groups in total. The van der Waals surface area contributed by atoms with E-state index in [1.54, 1.807) is 7.11 Å². The molecule has 2 rings (SSSR count). The Morgan fingerprint density at radius 3 is 2.75 bits per heavy atom. The predicted molar refractivity (Wildman–Crippen MR) is 78.2 cm³/mol. The summed E-state index contributed by atoms with van der Waals surface area (Å²) >= 11 is 0. The molecule has 4 heteroatoms. The SMILES string of the molecule is CO/C(=C/C=C/C1CNC(=O)C1)C(C)OC1CCCC1. The van der Waals surface area contributed by atoms with Crippen LogP contribution in [-0.4, -0.2) is 31.8 Å². The Morgan fingerprint density at radius 2 is 2.15 bits per heavy atom. The van der Waals surface area contributed by atoms with Gasteiger partial charge in [0.05, 0.1) is 13.2 Å². The zero-order chi connectivity index (χ0) is 14.4. The lowest BCUT2D eigenvalue weighted by Gasteiger charge is -2.20. The first-order valence-corrected chi connectivity index (χ1v) is 7.53. The lowest BCUT2D eigenvalue weighted by Crippen LogP contribution is -2.19. The van der Waals surface area contributed by atoms with Gasteiger partial charge in [-0.15, -0.1) is 0 Å². The van der Waals surface area contributed by atoms with Gasteiger partial charge in [-0.2, -0.15) is 0 Å². The minimum Gasteiger partial charge on any atom is -0.498 e. The van der Waals surface area contributed by atoms with Crippen LogP contribution in [0.3, 0.4) is 0 Å². The molecule has 0 bridgehead atoms. The van der Waals surface area contributed by atoms with Gasteiger partial charge >= 0.3 is 0 Å². The average molecular weight is 279 g/mol. The van der Waals surface area contributed by atoms with E-state index in [2.05, 4.69) is 11.4 Å². The van der Waals surface area contributed by atoms with Gasteiger partial charge in [0.2, 0.25) is 5.91 Å². The van der Waals surface area contributed by atoms with E-state index in [-0.39, 0.29) is 12.0 Å². The summed E-state index contributed by atoms with van der Waals surface area (Å²) in [7, 11) is 1.68. The Kier molecular flexibility index (Phi) is 5.65. The van der Waals surface area contributed by atoms with Crippen molar-refractivity contribution in [2.75, 3.05) is 13.7 Å². The molecule has 1 heterocycles. The Hall–Kier alpha value is -1.29. The number of hydrogen-bond donors (Lipinski definition) is 1. The molecule has 2 fully saturated rings. The second kappa shape index (κ2) is 7.48. The first kappa shape index (κ1) is 15.1. The average Bonchev–Trinajstić information content (AvgIpc) is 3.06. The van der Waals surface area contributed by atoms with Crippen molar-refractivity contribution < 1.29 is 14.3 Å². The van der Waals surface area contributed by atoms with E-state index in [9.17, 15) is 4.79 Å². The number of carbonyl (C=O) groups excluding carboxylic acids is 1. The van der Waals surface area contributed by atoms with Crippen LogP contribution in [0.15, 0.2) is 24.0 Å². The number of methoxy groups -OCH3 is 1. The van der Waals surface area contributed by atoms with Crippen LogP contribution in [0.1, 0.15) is 39.0 Å². The molecule has 1 saturated carbocycles. The Labute approximate surface area is 121 Å². The molecule has 0 aromatic carbocycles. The molecule has 0 aromatic rings. The van der Waals surface area contributed by atoms with Crippen LogP contribution in [-0.2, 0) is 14.3 Å². The molecule has 20 heavy (non-hydrogen) atoms. The molecule has 2 atom stereocenters. The number of allylic oxidation sites excluding steroid dienone is 2. The van der Waals surface area contributed by atoms with Crippen LogP contribution in [0, 0.1) is 5.92 Å². The zero-order valence-corrected chi connectivity index (χ0v) is 12.4. The number of amides is 1. The van der Waals surface area contributed by atoms with Crippen molar-refractivity contribution in [2.24, 2.45) is 5.92 Å².